The molecule has 88 valence electrons. The third-order valence-corrected chi connectivity index (χ3v) is 3.18. The van der Waals surface area contributed by atoms with Gasteiger partial charge in [0.05, 0.1) is 6.10 Å². The van der Waals surface area contributed by atoms with Crippen molar-refractivity contribution < 1.29 is 4.74 Å². The normalized spacial score (nSPS) is 25.4. The molecule has 2 rings (SSSR count). The first-order valence-corrected chi connectivity index (χ1v) is 5.99. The summed E-state index contributed by atoms with van der Waals surface area (Å²) in [6, 6.07) is 8.40. The van der Waals surface area contributed by atoms with Crippen molar-refractivity contribution in [3.8, 4) is 5.75 Å². The number of hydrogen-bond acceptors (Lipinski definition) is 3. The Morgan fingerprint density at radius 2 is 1.69 bits per heavy atom. The molecule has 4 N–H and O–H groups in total. The summed E-state index contributed by atoms with van der Waals surface area (Å²) in [5.74, 6) is 0.942. The Labute approximate surface area is 96.8 Å². The minimum atomic E-state index is 0.337. The number of rotatable bonds is 3. The van der Waals surface area contributed by atoms with Crippen molar-refractivity contribution in [1.82, 2.24) is 0 Å². The summed E-state index contributed by atoms with van der Waals surface area (Å²) in [4.78, 5) is 0. The van der Waals surface area contributed by atoms with Gasteiger partial charge in [-0.3, -0.25) is 0 Å². The van der Waals surface area contributed by atoms with E-state index >= 15 is 0 Å². The molecule has 0 radical (unpaired) electrons. The molecule has 3 nitrogen and oxygen atoms in total. The van der Waals surface area contributed by atoms with Crippen molar-refractivity contribution in [2.24, 2.45) is 11.5 Å². The van der Waals surface area contributed by atoms with Gasteiger partial charge in [-0.25, -0.2) is 0 Å². The fourth-order valence-electron chi connectivity index (χ4n) is 2.10. The van der Waals surface area contributed by atoms with Gasteiger partial charge in [-0.1, -0.05) is 12.1 Å². The van der Waals surface area contributed by atoms with Crippen LogP contribution in [0, 0.1) is 0 Å². The Kier molecular flexibility index (Phi) is 3.80. The van der Waals surface area contributed by atoms with Gasteiger partial charge in [0.15, 0.2) is 0 Å². The monoisotopic (exact) mass is 220 g/mol. The third-order valence-electron chi connectivity index (χ3n) is 3.18. The molecule has 0 heterocycles. The molecular weight excluding hydrogens is 200 g/mol. The van der Waals surface area contributed by atoms with E-state index in [1.165, 1.54) is 0 Å². The van der Waals surface area contributed by atoms with E-state index in [9.17, 15) is 0 Å². The van der Waals surface area contributed by atoms with Crippen molar-refractivity contribution in [1.29, 1.82) is 0 Å². The zero-order valence-corrected chi connectivity index (χ0v) is 9.56. The first-order chi connectivity index (χ1) is 7.78. The van der Waals surface area contributed by atoms with Gasteiger partial charge >= 0.3 is 0 Å². The second-order valence-corrected chi connectivity index (χ2v) is 4.50. The second kappa shape index (κ2) is 5.32. The molecule has 0 bridgehead atoms. The van der Waals surface area contributed by atoms with Crippen LogP contribution in [0.25, 0.3) is 0 Å². The lowest BCUT2D eigenvalue weighted by molar-refractivity contribution is 0.147. The van der Waals surface area contributed by atoms with Crippen LogP contribution in [-0.4, -0.2) is 12.1 Å². The lowest BCUT2D eigenvalue weighted by Gasteiger charge is -2.26. The molecule has 1 saturated carbocycles. The van der Waals surface area contributed by atoms with Gasteiger partial charge in [-0.15, -0.1) is 0 Å². The van der Waals surface area contributed by atoms with Crippen LogP contribution in [-0.2, 0) is 6.54 Å². The molecule has 0 spiro atoms. The topological polar surface area (TPSA) is 61.3 Å². The molecule has 0 aliphatic heterocycles. The number of ether oxygens (including phenoxy) is 1. The van der Waals surface area contributed by atoms with Gasteiger partial charge in [0.2, 0.25) is 0 Å². The molecule has 1 aromatic carbocycles. The minimum Gasteiger partial charge on any atom is -0.490 e. The molecule has 0 atom stereocenters. The zero-order valence-electron chi connectivity index (χ0n) is 9.56. The Balaban J connectivity index is 1.88. The molecule has 16 heavy (non-hydrogen) atoms. The lowest BCUT2D eigenvalue weighted by atomic mass is 9.94. The van der Waals surface area contributed by atoms with Crippen molar-refractivity contribution in [3.05, 3.63) is 29.8 Å². The molecular formula is C13H20N2O. The maximum atomic E-state index is 5.91. The Hall–Kier alpha value is -1.06. The van der Waals surface area contributed by atoms with Gasteiger partial charge in [0, 0.05) is 12.6 Å². The highest BCUT2D eigenvalue weighted by atomic mass is 16.5. The fourth-order valence-corrected chi connectivity index (χ4v) is 2.10. The number of benzene rings is 1. The highest BCUT2D eigenvalue weighted by molar-refractivity contribution is 5.27. The molecule has 1 aliphatic carbocycles. The second-order valence-electron chi connectivity index (χ2n) is 4.50. The smallest absolute Gasteiger partial charge is 0.119 e. The van der Waals surface area contributed by atoms with Crippen molar-refractivity contribution in [2.75, 3.05) is 0 Å². The van der Waals surface area contributed by atoms with Gasteiger partial charge < -0.3 is 16.2 Å². The van der Waals surface area contributed by atoms with Gasteiger partial charge in [-0.05, 0) is 43.4 Å². The third kappa shape index (κ3) is 2.97. The molecule has 1 aromatic rings. The van der Waals surface area contributed by atoms with Crippen molar-refractivity contribution in [3.63, 3.8) is 0 Å². The maximum absolute atomic E-state index is 5.91. The molecule has 1 aliphatic rings. The summed E-state index contributed by atoms with van der Waals surface area (Å²) in [7, 11) is 0. The maximum Gasteiger partial charge on any atom is 0.119 e. The summed E-state index contributed by atoms with van der Waals surface area (Å²) in [5.41, 5.74) is 12.5. The minimum absolute atomic E-state index is 0.337. The highest BCUT2D eigenvalue weighted by Gasteiger charge is 2.19. The van der Waals surface area contributed by atoms with Crippen LogP contribution in [0.15, 0.2) is 24.3 Å². The molecule has 3 heteroatoms. The molecule has 0 unspecified atom stereocenters. The first kappa shape index (κ1) is 11.4. The average Bonchev–Trinajstić information content (AvgIpc) is 2.33. The van der Waals surface area contributed by atoms with Crippen LogP contribution in [0.1, 0.15) is 31.2 Å². The van der Waals surface area contributed by atoms with E-state index in [0.717, 1.165) is 37.0 Å². The van der Waals surface area contributed by atoms with Gasteiger partial charge in [-0.2, -0.15) is 0 Å². The Morgan fingerprint density at radius 1 is 1.06 bits per heavy atom. The van der Waals surface area contributed by atoms with Crippen LogP contribution < -0.4 is 16.2 Å². The van der Waals surface area contributed by atoms with Crippen LogP contribution in [0.5, 0.6) is 5.75 Å². The molecule has 0 aromatic heterocycles. The Bertz CT molecular complexity index is 315. The first-order valence-electron chi connectivity index (χ1n) is 5.99. The quantitative estimate of drug-likeness (QED) is 0.816. The summed E-state index contributed by atoms with van der Waals surface area (Å²) in [5, 5.41) is 0. The van der Waals surface area contributed by atoms with Gasteiger partial charge in [0.25, 0.3) is 0 Å². The van der Waals surface area contributed by atoms with E-state index in [4.69, 9.17) is 16.2 Å². The average molecular weight is 220 g/mol. The SMILES string of the molecule is NCc1ccc(OC2CCC(N)CC2)cc1. The summed E-state index contributed by atoms with van der Waals surface area (Å²) < 4.78 is 5.91. The number of nitrogens with two attached hydrogens (primary N) is 2. The van der Waals surface area contributed by atoms with Gasteiger partial charge in [0.1, 0.15) is 5.75 Å². The fraction of sp³-hybridized carbons (Fsp3) is 0.538. The van der Waals surface area contributed by atoms with Crippen molar-refractivity contribution in [2.45, 2.75) is 44.4 Å². The van der Waals surface area contributed by atoms with Crippen LogP contribution in [0.2, 0.25) is 0 Å². The van der Waals surface area contributed by atoms with E-state index < -0.39 is 0 Å². The van der Waals surface area contributed by atoms with Crippen molar-refractivity contribution >= 4 is 0 Å². The van der Waals surface area contributed by atoms with E-state index in [2.05, 4.69) is 0 Å². The molecule has 0 saturated heterocycles. The van der Waals surface area contributed by atoms with E-state index in [-0.39, 0.29) is 0 Å². The summed E-state index contributed by atoms with van der Waals surface area (Å²) in [6.07, 6.45) is 4.63. The zero-order chi connectivity index (χ0) is 11.4. The van der Waals surface area contributed by atoms with E-state index in [0.29, 0.717) is 18.7 Å². The largest absolute Gasteiger partial charge is 0.490 e. The summed E-state index contributed by atoms with van der Waals surface area (Å²) in [6.45, 7) is 0.582. The van der Waals surface area contributed by atoms with E-state index in [1.807, 2.05) is 24.3 Å². The van der Waals surface area contributed by atoms with Crippen LogP contribution in [0.3, 0.4) is 0 Å². The molecule has 0 amide bonds. The van der Waals surface area contributed by atoms with Crippen LogP contribution in [0.4, 0.5) is 0 Å². The van der Waals surface area contributed by atoms with E-state index in [1.54, 1.807) is 0 Å². The number of hydrogen-bond donors (Lipinski definition) is 2. The standard InChI is InChI=1S/C13H20N2O/c14-9-10-1-5-12(6-2-10)16-13-7-3-11(15)4-8-13/h1-2,5-6,11,13H,3-4,7-9,14-15H2. The molecule has 1 fully saturated rings. The lowest BCUT2D eigenvalue weighted by Crippen LogP contribution is -2.31. The summed E-state index contributed by atoms with van der Waals surface area (Å²) >= 11 is 0. The highest BCUT2D eigenvalue weighted by Crippen LogP contribution is 2.23. The van der Waals surface area contributed by atoms with Crippen LogP contribution >= 0.6 is 0 Å². The predicted octanol–water partition coefficient (Wildman–Crippen LogP) is 1.79. The predicted molar refractivity (Wildman–Crippen MR) is 65.2 cm³/mol. The Morgan fingerprint density at radius 3 is 2.25 bits per heavy atom.